The van der Waals surface area contributed by atoms with E-state index >= 15 is 0 Å². The van der Waals surface area contributed by atoms with Gasteiger partial charge < -0.3 is 5.32 Å². The molecule has 0 aliphatic rings. The first-order valence-electron chi connectivity index (χ1n) is 6.25. The number of amides is 1. The van der Waals surface area contributed by atoms with E-state index in [9.17, 15) is 10.1 Å². The maximum Gasteiger partial charge on any atom is 0.239 e. The van der Waals surface area contributed by atoms with Crippen LogP contribution in [-0.2, 0) is 4.79 Å². The number of benzene rings is 2. The summed E-state index contributed by atoms with van der Waals surface area (Å²) in [6.45, 7) is 0. The van der Waals surface area contributed by atoms with Crippen LogP contribution in [0.25, 0.3) is 0 Å². The van der Waals surface area contributed by atoms with Crippen molar-refractivity contribution in [3.05, 3.63) is 64.7 Å². The molecule has 0 aliphatic carbocycles. The smallest absolute Gasteiger partial charge is 0.239 e. The fourth-order valence-electron chi connectivity index (χ4n) is 2.00. The van der Waals surface area contributed by atoms with E-state index in [2.05, 4.69) is 11.4 Å². The van der Waals surface area contributed by atoms with Crippen molar-refractivity contribution in [3.8, 4) is 6.07 Å². The molecule has 1 N–H and O–H groups in total. The van der Waals surface area contributed by atoms with Gasteiger partial charge in [-0.15, -0.1) is 11.6 Å². The Morgan fingerprint density at radius 1 is 1.24 bits per heavy atom. The topological polar surface area (TPSA) is 52.9 Å². The average Bonchev–Trinajstić information content (AvgIpc) is 2.51. The van der Waals surface area contributed by atoms with Gasteiger partial charge in [-0.1, -0.05) is 48.0 Å². The zero-order valence-electron chi connectivity index (χ0n) is 11.0. The first-order valence-corrected chi connectivity index (χ1v) is 7.16. The number of rotatable bonds is 4. The number of carbonyl (C=O) groups is 1. The van der Waals surface area contributed by atoms with Gasteiger partial charge >= 0.3 is 0 Å². The third-order valence-electron chi connectivity index (χ3n) is 2.98. The first-order chi connectivity index (χ1) is 10.2. The second-order valence-corrected chi connectivity index (χ2v) is 5.07. The van der Waals surface area contributed by atoms with Crippen LogP contribution in [0, 0.1) is 11.3 Å². The van der Waals surface area contributed by atoms with Gasteiger partial charge in [0.1, 0.15) is 5.88 Å². The van der Waals surface area contributed by atoms with Crippen LogP contribution in [0.5, 0.6) is 0 Å². The lowest BCUT2D eigenvalue weighted by atomic mass is 9.92. The molecule has 1 amide bonds. The lowest BCUT2D eigenvalue weighted by molar-refractivity contribution is -0.113. The molecular weight excluding hydrogens is 307 g/mol. The summed E-state index contributed by atoms with van der Waals surface area (Å²) in [5.41, 5.74) is 2.13. The van der Waals surface area contributed by atoms with Crippen molar-refractivity contribution in [1.82, 2.24) is 0 Å². The van der Waals surface area contributed by atoms with Crippen LogP contribution in [0.4, 0.5) is 5.69 Å². The van der Waals surface area contributed by atoms with Crippen LogP contribution in [0.15, 0.2) is 48.5 Å². The number of hydrogen-bond acceptors (Lipinski definition) is 2. The highest BCUT2D eigenvalue weighted by molar-refractivity contribution is 6.32. The number of nitrogens with zero attached hydrogens (tertiary/aromatic N) is 1. The Hall–Kier alpha value is -2.02. The van der Waals surface area contributed by atoms with Gasteiger partial charge in [-0.3, -0.25) is 4.79 Å². The van der Waals surface area contributed by atoms with Crippen molar-refractivity contribution in [2.75, 3.05) is 11.2 Å². The van der Waals surface area contributed by atoms with Crippen molar-refractivity contribution < 1.29 is 4.79 Å². The zero-order chi connectivity index (χ0) is 15.2. The predicted molar refractivity (Wildman–Crippen MR) is 84.7 cm³/mol. The van der Waals surface area contributed by atoms with E-state index < -0.39 is 5.92 Å². The van der Waals surface area contributed by atoms with Gasteiger partial charge in [0.25, 0.3) is 0 Å². The molecule has 1 atom stereocenters. The minimum Gasteiger partial charge on any atom is -0.325 e. The summed E-state index contributed by atoms with van der Waals surface area (Å²) in [4.78, 5) is 11.3. The highest BCUT2D eigenvalue weighted by Gasteiger charge is 2.16. The quantitative estimate of drug-likeness (QED) is 0.860. The number of halogens is 2. The number of anilines is 1. The van der Waals surface area contributed by atoms with Gasteiger partial charge in [-0.2, -0.15) is 5.26 Å². The first kappa shape index (κ1) is 15.4. The minimum absolute atomic E-state index is 0.121. The van der Waals surface area contributed by atoms with Crippen LogP contribution >= 0.6 is 23.2 Å². The lowest BCUT2D eigenvalue weighted by Gasteiger charge is -2.13. The van der Waals surface area contributed by atoms with Crippen LogP contribution in [-0.4, -0.2) is 11.8 Å². The number of carbonyl (C=O) groups excluding carboxylic acids is 1. The van der Waals surface area contributed by atoms with Crippen LogP contribution < -0.4 is 5.32 Å². The Morgan fingerprint density at radius 2 is 1.95 bits per heavy atom. The molecule has 2 rings (SSSR count). The van der Waals surface area contributed by atoms with E-state index in [0.717, 1.165) is 5.56 Å². The lowest BCUT2D eigenvalue weighted by Crippen LogP contribution is -2.12. The molecule has 0 saturated heterocycles. The summed E-state index contributed by atoms with van der Waals surface area (Å²) < 4.78 is 0. The molecule has 21 heavy (non-hydrogen) atoms. The Labute approximate surface area is 133 Å². The fraction of sp³-hybridized carbons (Fsp3) is 0.125. The summed E-state index contributed by atoms with van der Waals surface area (Å²) >= 11 is 11.7. The molecule has 3 nitrogen and oxygen atoms in total. The predicted octanol–water partition coefficient (Wildman–Crippen LogP) is 4.17. The van der Waals surface area contributed by atoms with Crippen LogP contribution in [0.3, 0.4) is 0 Å². The Bertz CT molecular complexity index is 680. The molecule has 0 spiro atoms. The third-order valence-corrected chi connectivity index (χ3v) is 3.55. The average molecular weight is 319 g/mol. The highest BCUT2D eigenvalue weighted by Crippen LogP contribution is 2.31. The SMILES string of the molecule is N#CC(c1ccccc1)c1ccc(NC(=O)CCl)cc1Cl. The number of hydrogen-bond donors (Lipinski definition) is 1. The summed E-state index contributed by atoms with van der Waals surface area (Å²) in [6, 6.07) is 16.7. The van der Waals surface area contributed by atoms with Gasteiger partial charge in [0.05, 0.1) is 12.0 Å². The maximum atomic E-state index is 11.3. The van der Waals surface area contributed by atoms with E-state index in [1.54, 1.807) is 18.2 Å². The zero-order valence-corrected chi connectivity index (χ0v) is 12.5. The Morgan fingerprint density at radius 3 is 2.52 bits per heavy atom. The molecule has 2 aromatic carbocycles. The van der Waals surface area contributed by atoms with E-state index in [1.807, 2.05) is 30.3 Å². The molecule has 0 bridgehead atoms. The molecular formula is C16H12Cl2N2O. The summed E-state index contributed by atoms with van der Waals surface area (Å²) in [6.07, 6.45) is 0. The molecule has 0 fully saturated rings. The van der Waals surface area contributed by atoms with Gasteiger partial charge in [0, 0.05) is 10.7 Å². The molecule has 0 aromatic heterocycles. The van der Waals surface area contributed by atoms with E-state index in [-0.39, 0.29) is 11.8 Å². The summed E-state index contributed by atoms with van der Waals surface area (Å²) in [5.74, 6) is -0.874. The van der Waals surface area contributed by atoms with Crippen molar-refractivity contribution in [2.24, 2.45) is 0 Å². The summed E-state index contributed by atoms with van der Waals surface area (Å²) in [7, 11) is 0. The number of nitriles is 1. The van der Waals surface area contributed by atoms with E-state index in [1.165, 1.54) is 0 Å². The van der Waals surface area contributed by atoms with Gasteiger partial charge in [0.15, 0.2) is 0 Å². The molecule has 106 valence electrons. The van der Waals surface area contributed by atoms with Gasteiger partial charge in [0.2, 0.25) is 5.91 Å². The maximum absolute atomic E-state index is 11.3. The minimum atomic E-state index is -0.448. The fourth-order valence-corrected chi connectivity index (χ4v) is 2.36. The number of alkyl halides is 1. The third kappa shape index (κ3) is 3.75. The monoisotopic (exact) mass is 318 g/mol. The normalized spacial score (nSPS) is 11.5. The molecule has 0 heterocycles. The highest BCUT2D eigenvalue weighted by atomic mass is 35.5. The molecule has 2 aromatic rings. The second kappa shape index (κ2) is 7.12. The molecule has 1 unspecified atom stereocenters. The largest absolute Gasteiger partial charge is 0.325 e. The molecule has 0 saturated carbocycles. The van der Waals surface area contributed by atoms with E-state index in [0.29, 0.717) is 16.3 Å². The van der Waals surface area contributed by atoms with Crippen LogP contribution in [0.1, 0.15) is 17.0 Å². The van der Waals surface area contributed by atoms with E-state index in [4.69, 9.17) is 23.2 Å². The van der Waals surface area contributed by atoms with Crippen molar-refractivity contribution in [3.63, 3.8) is 0 Å². The number of nitrogens with one attached hydrogen (secondary N) is 1. The molecule has 5 heteroatoms. The molecule has 0 radical (unpaired) electrons. The Balaban J connectivity index is 2.32. The second-order valence-electron chi connectivity index (χ2n) is 4.39. The standard InChI is InChI=1S/C16H12Cl2N2O/c17-9-16(21)20-12-6-7-13(15(18)8-12)14(10-19)11-4-2-1-3-5-11/h1-8,14H,9H2,(H,20,21). The van der Waals surface area contributed by atoms with Crippen molar-refractivity contribution in [1.29, 1.82) is 5.26 Å². The van der Waals surface area contributed by atoms with Crippen LogP contribution in [0.2, 0.25) is 5.02 Å². The van der Waals surface area contributed by atoms with Crippen molar-refractivity contribution >= 4 is 34.8 Å². The molecule has 0 aliphatic heterocycles. The van der Waals surface area contributed by atoms with Crippen molar-refractivity contribution in [2.45, 2.75) is 5.92 Å². The van der Waals surface area contributed by atoms with Gasteiger partial charge in [-0.25, -0.2) is 0 Å². The Kier molecular flexibility index (Phi) is 5.21. The van der Waals surface area contributed by atoms with Gasteiger partial charge in [-0.05, 0) is 23.3 Å². The summed E-state index contributed by atoms with van der Waals surface area (Å²) in [5, 5.41) is 12.5.